The molecule has 1 aliphatic heterocycles. The summed E-state index contributed by atoms with van der Waals surface area (Å²) in [6.45, 7) is 0.362. The lowest BCUT2D eigenvalue weighted by atomic mass is 10.2. The van der Waals surface area contributed by atoms with Gasteiger partial charge in [0.25, 0.3) is 0 Å². The standard InChI is InChI=1S/C21H26ClN3O8S2/c1-31-19-7-5-16(35(29,30)24-8-10-33-11-9-24)13-17(19)23-21(26)14-25(34(3,27)28)18-12-15(22)4-6-20(18)32-2/h4-7,12-13H,8-11,14H2,1-3H3,(H,23,26). The molecule has 0 unspecified atom stereocenters. The van der Waals surface area contributed by atoms with Gasteiger partial charge in [0.05, 0.1) is 50.0 Å². The minimum atomic E-state index is -3.93. The number of ether oxygens (including phenoxy) is 3. The Morgan fingerprint density at radius 1 is 1.06 bits per heavy atom. The number of morpholine rings is 1. The van der Waals surface area contributed by atoms with Gasteiger partial charge in [0.2, 0.25) is 26.0 Å². The molecule has 0 saturated carbocycles. The predicted octanol–water partition coefficient (Wildman–Crippen LogP) is 1.78. The van der Waals surface area contributed by atoms with Crippen molar-refractivity contribution >= 4 is 48.9 Å². The van der Waals surface area contributed by atoms with Crippen molar-refractivity contribution in [3.05, 3.63) is 41.4 Å². The number of hydrogen-bond acceptors (Lipinski definition) is 8. The number of sulfonamides is 2. The van der Waals surface area contributed by atoms with Crippen LogP contribution in [0.2, 0.25) is 5.02 Å². The van der Waals surface area contributed by atoms with Gasteiger partial charge in [-0.3, -0.25) is 9.10 Å². The quantitative estimate of drug-likeness (QED) is 0.502. The highest BCUT2D eigenvalue weighted by molar-refractivity contribution is 7.92. The average molecular weight is 548 g/mol. The number of nitrogens with zero attached hydrogens (tertiary/aromatic N) is 2. The highest BCUT2D eigenvalue weighted by Gasteiger charge is 2.28. The Labute approximate surface area is 209 Å². The lowest BCUT2D eigenvalue weighted by Gasteiger charge is -2.26. The molecule has 14 heteroatoms. The molecular weight excluding hydrogens is 522 g/mol. The molecule has 1 heterocycles. The summed E-state index contributed by atoms with van der Waals surface area (Å²) < 4.78 is 68.9. The zero-order valence-corrected chi connectivity index (χ0v) is 21.7. The summed E-state index contributed by atoms with van der Waals surface area (Å²) in [6.07, 6.45) is 0.941. The third kappa shape index (κ3) is 6.35. The molecule has 1 amide bonds. The second kappa shape index (κ2) is 11.0. The van der Waals surface area contributed by atoms with E-state index in [0.717, 1.165) is 10.6 Å². The zero-order valence-electron chi connectivity index (χ0n) is 19.4. The Bertz CT molecular complexity index is 1300. The maximum absolute atomic E-state index is 13.0. The normalized spacial score (nSPS) is 14.9. The minimum absolute atomic E-state index is 0.0491. The maximum Gasteiger partial charge on any atom is 0.245 e. The first kappa shape index (κ1) is 27.0. The van der Waals surface area contributed by atoms with Crippen LogP contribution in [0.1, 0.15) is 0 Å². The van der Waals surface area contributed by atoms with Crippen LogP contribution in [-0.4, -0.2) is 80.4 Å². The van der Waals surface area contributed by atoms with Gasteiger partial charge in [0, 0.05) is 18.1 Å². The van der Waals surface area contributed by atoms with Crippen LogP contribution < -0.4 is 19.1 Å². The lowest BCUT2D eigenvalue weighted by molar-refractivity contribution is -0.114. The summed E-state index contributed by atoms with van der Waals surface area (Å²) in [5, 5.41) is 2.80. The second-order valence-corrected chi connectivity index (χ2v) is 11.8. The summed E-state index contributed by atoms with van der Waals surface area (Å²) in [5.41, 5.74) is 0.145. The Morgan fingerprint density at radius 2 is 1.69 bits per heavy atom. The Kier molecular flexibility index (Phi) is 8.49. The largest absolute Gasteiger partial charge is 0.495 e. The highest BCUT2D eigenvalue weighted by Crippen LogP contribution is 2.33. The molecule has 2 aromatic rings. The number of carbonyl (C=O) groups is 1. The molecule has 1 N–H and O–H groups in total. The summed E-state index contributed by atoms with van der Waals surface area (Å²) >= 11 is 6.04. The van der Waals surface area contributed by atoms with E-state index in [1.54, 1.807) is 0 Å². The molecule has 0 radical (unpaired) electrons. The van der Waals surface area contributed by atoms with Crippen molar-refractivity contribution in [1.29, 1.82) is 0 Å². The topological polar surface area (TPSA) is 132 Å². The third-order valence-electron chi connectivity index (χ3n) is 5.15. The predicted molar refractivity (Wildman–Crippen MR) is 131 cm³/mol. The molecule has 192 valence electrons. The fourth-order valence-electron chi connectivity index (χ4n) is 3.44. The number of carbonyl (C=O) groups excluding carboxylic acids is 1. The SMILES string of the molecule is COc1ccc(S(=O)(=O)N2CCOCC2)cc1NC(=O)CN(c1cc(Cl)ccc1OC)S(C)(=O)=O. The molecular formula is C21H26ClN3O8S2. The molecule has 3 rings (SSSR count). The monoisotopic (exact) mass is 547 g/mol. The summed E-state index contributed by atoms with van der Waals surface area (Å²) in [6, 6.07) is 8.43. The van der Waals surface area contributed by atoms with Gasteiger partial charge in [0.15, 0.2) is 0 Å². The smallest absolute Gasteiger partial charge is 0.245 e. The number of methoxy groups -OCH3 is 2. The number of rotatable bonds is 9. The number of hydrogen-bond donors (Lipinski definition) is 1. The van der Waals surface area contributed by atoms with Crippen molar-refractivity contribution in [1.82, 2.24) is 4.31 Å². The van der Waals surface area contributed by atoms with Gasteiger partial charge in [-0.1, -0.05) is 11.6 Å². The lowest BCUT2D eigenvalue weighted by Crippen LogP contribution is -2.40. The van der Waals surface area contributed by atoms with Crippen LogP contribution in [0.5, 0.6) is 11.5 Å². The van der Waals surface area contributed by atoms with Crippen LogP contribution in [0, 0.1) is 0 Å². The van der Waals surface area contributed by atoms with Gasteiger partial charge in [-0.25, -0.2) is 16.8 Å². The van der Waals surface area contributed by atoms with Gasteiger partial charge in [0.1, 0.15) is 18.0 Å². The second-order valence-electron chi connectivity index (χ2n) is 7.51. The third-order valence-corrected chi connectivity index (χ3v) is 8.41. The van der Waals surface area contributed by atoms with Crippen molar-refractivity contribution in [2.24, 2.45) is 0 Å². The summed E-state index contributed by atoms with van der Waals surface area (Å²) in [4.78, 5) is 12.9. The van der Waals surface area contributed by atoms with Crippen LogP contribution in [0.25, 0.3) is 0 Å². The van der Waals surface area contributed by atoms with Gasteiger partial charge < -0.3 is 19.5 Å². The zero-order chi connectivity index (χ0) is 25.8. The van der Waals surface area contributed by atoms with E-state index < -0.39 is 32.5 Å². The molecule has 0 aliphatic carbocycles. The molecule has 1 saturated heterocycles. The first-order valence-corrected chi connectivity index (χ1v) is 14.0. The highest BCUT2D eigenvalue weighted by atomic mass is 35.5. The molecule has 1 fully saturated rings. The molecule has 1 aliphatic rings. The van der Waals surface area contributed by atoms with E-state index in [4.69, 9.17) is 25.8 Å². The molecule has 11 nitrogen and oxygen atoms in total. The molecule has 0 aromatic heterocycles. The van der Waals surface area contributed by atoms with E-state index in [0.29, 0.717) is 0 Å². The molecule has 35 heavy (non-hydrogen) atoms. The van der Waals surface area contributed by atoms with Crippen molar-refractivity contribution in [2.45, 2.75) is 4.90 Å². The van der Waals surface area contributed by atoms with E-state index in [1.807, 2.05) is 0 Å². The van der Waals surface area contributed by atoms with E-state index in [-0.39, 0.29) is 59.1 Å². The average Bonchev–Trinajstić information content (AvgIpc) is 2.82. The minimum Gasteiger partial charge on any atom is -0.495 e. The van der Waals surface area contributed by atoms with Crippen LogP contribution in [-0.2, 0) is 29.6 Å². The Morgan fingerprint density at radius 3 is 2.29 bits per heavy atom. The number of benzene rings is 2. The van der Waals surface area contributed by atoms with Gasteiger partial charge >= 0.3 is 0 Å². The van der Waals surface area contributed by atoms with Gasteiger partial charge in [-0.2, -0.15) is 4.31 Å². The van der Waals surface area contributed by atoms with E-state index in [9.17, 15) is 21.6 Å². The number of nitrogens with one attached hydrogen (secondary N) is 1. The first-order valence-electron chi connectivity index (χ1n) is 10.3. The fraction of sp³-hybridized carbons (Fsp3) is 0.381. The summed E-state index contributed by atoms with van der Waals surface area (Å²) in [7, 11) is -5.05. The molecule has 0 spiro atoms. The van der Waals surface area contributed by atoms with E-state index >= 15 is 0 Å². The molecule has 0 bridgehead atoms. The fourth-order valence-corrected chi connectivity index (χ4v) is 5.89. The first-order chi connectivity index (χ1) is 16.5. The van der Waals surface area contributed by atoms with E-state index in [1.165, 1.54) is 54.9 Å². The van der Waals surface area contributed by atoms with Gasteiger partial charge in [-0.15, -0.1) is 0 Å². The van der Waals surface area contributed by atoms with Crippen molar-refractivity contribution < 1.29 is 35.8 Å². The molecule has 0 atom stereocenters. The number of halogens is 1. The Balaban J connectivity index is 1.91. The summed E-state index contributed by atoms with van der Waals surface area (Å²) in [5.74, 6) is -0.342. The van der Waals surface area contributed by atoms with Gasteiger partial charge in [-0.05, 0) is 36.4 Å². The number of amides is 1. The van der Waals surface area contributed by atoms with Crippen LogP contribution >= 0.6 is 11.6 Å². The van der Waals surface area contributed by atoms with Crippen molar-refractivity contribution in [2.75, 3.05) is 62.9 Å². The van der Waals surface area contributed by atoms with Crippen molar-refractivity contribution in [3.8, 4) is 11.5 Å². The maximum atomic E-state index is 13.0. The van der Waals surface area contributed by atoms with Crippen molar-refractivity contribution in [3.63, 3.8) is 0 Å². The molecule has 2 aromatic carbocycles. The van der Waals surface area contributed by atoms with E-state index in [2.05, 4.69) is 5.32 Å². The number of anilines is 2. The van der Waals surface area contributed by atoms with Crippen LogP contribution in [0.3, 0.4) is 0 Å². The van der Waals surface area contributed by atoms with Crippen LogP contribution in [0.4, 0.5) is 11.4 Å². The Hall–Kier alpha value is -2.58. The van der Waals surface area contributed by atoms with Crippen LogP contribution in [0.15, 0.2) is 41.3 Å².